The summed E-state index contributed by atoms with van der Waals surface area (Å²) in [5, 5.41) is 6.46. The minimum atomic E-state index is -0.223. The number of benzene rings is 2. The molecule has 2 aromatic carbocycles. The van der Waals surface area contributed by atoms with Gasteiger partial charge >= 0.3 is 0 Å². The number of anilines is 1. The second-order valence-corrected chi connectivity index (χ2v) is 6.46. The summed E-state index contributed by atoms with van der Waals surface area (Å²) in [5.74, 6) is 1.17. The Morgan fingerprint density at radius 3 is 2.82 bits per heavy atom. The monoisotopic (exact) mass is 384 g/mol. The molecule has 0 unspecified atom stereocenters. The second-order valence-electron chi connectivity index (χ2n) is 6.46. The third kappa shape index (κ3) is 5.22. The standard InChI is InChI=1S/C21H25FN4O2/c1-23-21(25-12-10-16-6-4-7-17(22)14-16)24-11-5-13-26-18-8-2-3-9-19(18)28-15-20(26)27/h2-4,6-9,14H,5,10-13,15H2,1H3,(H2,23,24,25). The normalized spacial score (nSPS) is 13.7. The van der Waals surface area contributed by atoms with Gasteiger partial charge in [0, 0.05) is 26.7 Å². The van der Waals surface area contributed by atoms with Crippen LogP contribution in [0.15, 0.2) is 53.5 Å². The summed E-state index contributed by atoms with van der Waals surface area (Å²) in [6.45, 7) is 2.01. The minimum Gasteiger partial charge on any atom is -0.482 e. The van der Waals surface area contributed by atoms with Crippen molar-refractivity contribution in [3.63, 3.8) is 0 Å². The molecule has 2 aromatic rings. The number of aliphatic imine (C=N–C) groups is 1. The molecule has 0 saturated heterocycles. The summed E-state index contributed by atoms with van der Waals surface area (Å²) >= 11 is 0. The van der Waals surface area contributed by atoms with Crippen molar-refractivity contribution < 1.29 is 13.9 Å². The van der Waals surface area contributed by atoms with Crippen LogP contribution in [0.25, 0.3) is 0 Å². The van der Waals surface area contributed by atoms with E-state index in [2.05, 4.69) is 15.6 Å². The summed E-state index contributed by atoms with van der Waals surface area (Å²) < 4.78 is 18.7. The molecule has 1 amide bonds. The number of guanidine groups is 1. The summed E-state index contributed by atoms with van der Waals surface area (Å²) in [7, 11) is 1.71. The fraction of sp³-hybridized carbons (Fsp3) is 0.333. The number of carbonyl (C=O) groups is 1. The molecule has 148 valence electrons. The van der Waals surface area contributed by atoms with Gasteiger partial charge in [-0.2, -0.15) is 0 Å². The van der Waals surface area contributed by atoms with Crippen LogP contribution in [0.2, 0.25) is 0 Å². The van der Waals surface area contributed by atoms with E-state index in [9.17, 15) is 9.18 Å². The highest BCUT2D eigenvalue weighted by Gasteiger charge is 2.24. The number of hydrogen-bond acceptors (Lipinski definition) is 3. The molecule has 1 aliphatic rings. The van der Waals surface area contributed by atoms with Crippen molar-refractivity contribution in [1.29, 1.82) is 0 Å². The van der Waals surface area contributed by atoms with Crippen LogP contribution in [0.5, 0.6) is 5.75 Å². The quantitative estimate of drug-likeness (QED) is 0.437. The molecule has 1 aliphatic heterocycles. The fourth-order valence-corrected chi connectivity index (χ4v) is 3.08. The van der Waals surface area contributed by atoms with Crippen molar-refractivity contribution in [2.24, 2.45) is 4.99 Å². The summed E-state index contributed by atoms with van der Waals surface area (Å²) in [4.78, 5) is 18.1. The third-order valence-corrected chi connectivity index (χ3v) is 4.48. The molecule has 7 heteroatoms. The molecule has 28 heavy (non-hydrogen) atoms. The number of fused-ring (bicyclic) bond motifs is 1. The lowest BCUT2D eigenvalue weighted by molar-refractivity contribution is -0.121. The van der Waals surface area contributed by atoms with Crippen molar-refractivity contribution in [2.75, 3.05) is 38.2 Å². The molecule has 3 rings (SSSR count). The fourth-order valence-electron chi connectivity index (χ4n) is 3.08. The van der Waals surface area contributed by atoms with Crippen LogP contribution in [-0.4, -0.2) is 45.2 Å². The summed E-state index contributed by atoms with van der Waals surface area (Å²) in [5.41, 5.74) is 1.75. The summed E-state index contributed by atoms with van der Waals surface area (Å²) in [6, 6.07) is 14.2. The number of halogens is 1. The van der Waals surface area contributed by atoms with Crippen molar-refractivity contribution in [3.8, 4) is 5.75 Å². The van der Waals surface area contributed by atoms with E-state index in [4.69, 9.17) is 4.74 Å². The molecule has 0 atom stereocenters. The van der Waals surface area contributed by atoms with Gasteiger partial charge in [0.2, 0.25) is 0 Å². The van der Waals surface area contributed by atoms with Gasteiger partial charge in [-0.15, -0.1) is 0 Å². The van der Waals surface area contributed by atoms with Crippen LogP contribution >= 0.6 is 0 Å². The van der Waals surface area contributed by atoms with E-state index in [1.54, 1.807) is 18.0 Å². The Morgan fingerprint density at radius 1 is 1.18 bits per heavy atom. The van der Waals surface area contributed by atoms with E-state index in [0.717, 1.165) is 23.4 Å². The Hall–Kier alpha value is -3.09. The Kier molecular flexibility index (Phi) is 6.84. The second kappa shape index (κ2) is 9.73. The molecule has 0 spiro atoms. The molecule has 0 aromatic heterocycles. The van der Waals surface area contributed by atoms with Crippen LogP contribution in [-0.2, 0) is 11.2 Å². The number of rotatable bonds is 7. The van der Waals surface area contributed by atoms with Gasteiger partial charge in [-0.25, -0.2) is 4.39 Å². The van der Waals surface area contributed by atoms with Crippen molar-refractivity contribution in [3.05, 3.63) is 59.9 Å². The number of nitrogens with zero attached hydrogens (tertiary/aromatic N) is 2. The maximum absolute atomic E-state index is 13.2. The van der Waals surface area contributed by atoms with Gasteiger partial charge in [0.25, 0.3) is 5.91 Å². The first-order valence-corrected chi connectivity index (χ1v) is 9.38. The number of hydrogen-bond donors (Lipinski definition) is 2. The van der Waals surface area contributed by atoms with Gasteiger partial charge in [-0.05, 0) is 42.7 Å². The van der Waals surface area contributed by atoms with E-state index in [1.165, 1.54) is 12.1 Å². The molecule has 1 heterocycles. The number of ether oxygens (including phenoxy) is 1. The summed E-state index contributed by atoms with van der Waals surface area (Å²) in [6.07, 6.45) is 1.47. The number of amides is 1. The van der Waals surface area contributed by atoms with Crippen LogP contribution in [0.3, 0.4) is 0 Å². The third-order valence-electron chi connectivity index (χ3n) is 4.48. The SMILES string of the molecule is CN=C(NCCCN1C(=O)COc2ccccc21)NCCc1cccc(F)c1. The maximum Gasteiger partial charge on any atom is 0.265 e. The maximum atomic E-state index is 13.2. The molecule has 0 aliphatic carbocycles. The van der Waals surface area contributed by atoms with E-state index in [1.807, 2.05) is 30.3 Å². The zero-order valence-electron chi connectivity index (χ0n) is 16.0. The Balaban J connectivity index is 1.41. The molecular weight excluding hydrogens is 359 g/mol. The minimum absolute atomic E-state index is 0.0312. The predicted octanol–water partition coefficient (Wildman–Crippen LogP) is 2.35. The molecule has 6 nitrogen and oxygen atoms in total. The average Bonchev–Trinajstić information content (AvgIpc) is 2.71. The molecule has 2 N–H and O–H groups in total. The van der Waals surface area contributed by atoms with E-state index in [-0.39, 0.29) is 18.3 Å². The van der Waals surface area contributed by atoms with Crippen molar-refractivity contribution >= 4 is 17.6 Å². The van der Waals surface area contributed by atoms with Gasteiger partial charge in [0.15, 0.2) is 12.6 Å². The smallest absolute Gasteiger partial charge is 0.265 e. The number of carbonyl (C=O) groups excluding carboxylic acids is 1. The van der Waals surface area contributed by atoms with Gasteiger partial charge in [-0.1, -0.05) is 24.3 Å². The Morgan fingerprint density at radius 2 is 2.00 bits per heavy atom. The zero-order valence-corrected chi connectivity index (χ0v) is 16.0. The van der Waals surface area contributed by atoms with Crippen molar-refractivity contribution in [1.82, 2.24) is 10.6 Å². The van der Waals surface area contributed by atoms with E-state index < -0.39 is 0 Å². The van der Waals surface area contributed by atoms with Gasteiger partial charge in [0.1, 0.15) is 11.6 Å². The molecule has 0 fully saturated rings. The Bertz CT molecular complexity index is 841. The van der Waals surface area contributed by atoms with Crippen LogP contribution in [0.4, 0.5) is 10.1 Å². The highest BCUT2D eigenvalue weighted by atomic mass is 19.1. The zero-order chi connectivity index (χ0) is 19.8. The first-order valence-electron chi connectivity index (χ1n) is 9.38. The first-order chi connectivity index (χ1) is 13.7. The van der Waals surface area contributed by atoms with Crippen LogP contribution in [0, 0.1) is 5.82 Å². The lowest BCUT2D eigenvalue weighted by Crippen LogP contribution is -2.42. The topological polar surface area (TPSA) is 66.0 Å². The predicted molar refractivity (Wildman–Crippen MR) is 108 cm³/mol. The lowest BCUT2D eigenvalue weighted by atomic mass is 10.1. The van der Waals surface area contributed by atoms with Gasteiger partial charge < -0.3 is 20.3 Å². The lowest BCUT2D eigenvalue weighted by Gasteiger charge is -2.29. The number of para-hydroxylation sites is 2. The van der Waals surface area contributed by atoms with Crippen molar-refractivity contribution in [2.45, 2.75) is 12.8 Å². The molecular formula is C21H25FN4O2. The highest BCUT2D eigenvalue weighted by molar-refractivity contribution is 5.97. The Labute approximate surface area is 164 Å². The molecule has 0 bridgehead atoms. The van der Waals surface area contributed by atoms with Crippen LogP contribution < -0.4 is 20.3 Å². The highest BCUT2D eigenvalue weighted by Crippen LogP contribution is 2.31. The largest absolute Gasteiger partial charge is 0.482 e. The molecule has 0 saturated carbocycles. The first kappa shape index (κ1) is 19.7. The van der Waals surface area contributed by atoms with Gasteiger partial charge in [-0.3, -0.25) is 9.79 Å². The van der Waals surface area contributed by atoms with E-state index >= 15 is 0 Å². The van der Waals surface area contributed by atoms with E-state index in [0.29, 0.717) is 32.0 Å². The van der Waals surface area contributed by atoms with Gasteiger partial charge in [0.05, 0.1) is 5.69 Å². The number of nitrogens with one attached hydrogen (secondary N) is 2. The molecule has 0 radical (unpaired) electrons. The van der Waals surface area contributed by atoms with Crippen LogP contribution in [0.1, 0.15) is 12.0 Å². The average molecular weight is 384 g/mol.